The number of halogens is 3. The van der Waals surface area contributed by atoms with Crippen molar-refractivity contribution in [1.29, 1.82) is 0 Å². The summed E-state index contributed by atoms with van der Waals surface area (Å²) in [7, 11) is 1.71. The molecule has 2 aliphatic heterocycles. The Balaban J connectivity index is 1.49. The van der Waals surface area contributed by atoms with Crippen molar-refractivity contribution in [1.82, 2.24) is 10.2 Å². The number of rotatable bonds is 4. The zero-order valence-corrected chi connectivity index (χ0v) is 14.8. The van der Waals surface area contributed by atoms with Crippen LogP contribution in [0.15, 0.2) is 29.3 Å². The van der Waals surface area contributed by atoms with E-state index in [9.17, 15) is 13.2 Å². The van der Waals surface area contributed by atoms with Crippen molar-refractivity contribution in [2.24, 2.45) is 10.4 Å². The number of hydrogen-bond acceptors (Lipinski definition) is 3. The molecule has 0 radical (unpaired) electrons. The highest BCUT2D eigenvalue weighted by Crippen LogP contribution is 2.38. The van der Waals surface area contributed by atoms with Gasteiger partial charge >= 0.3 is 6.18 Å². The van der Waals surface area contributed by atoms with Crippen LogP contribution in [0.2, 0.25) is 0 Å². The lowest BCUT2D eigenvalue weighted by Gasteiger charge is -2.25. The van der Waals surface area contributed by atoms with Crippen molar-refractivity contribution in [3.8, 4) is 5.75 Å². The van der Waals surface area contributed by atoms with Crippen molar-refractivity contribution < 1.29 is 22.6 Å². The van der Waals surface area contributed by atoms with Gasteiger partial charge in [0.05, 0.1) is 18.7 Å². The molecule has 0 amide bonds. The average Bonchev–Trinajstić information content (AvgIpc) is 3.25. The fourth-order valence-electron chi connectivity index (χ4n) is 3.57. The Morgan fingerprint density at radius 3 is 2.85 bits per heavy atom. The molecular weight excluding hydrogens is 347 g/mol. The van der Waals surface area contributed by atoms with Crippen LogP contribution < -0.4 is 10.1 Å². The maximum atomic E-state index is 13.0. The summed E-state index contributed by atoms with van der Waals surface area (Å²) in [6, 6.07) is 5.24. The normalized spacial score (nSPS) is 23.7. The first-order chi connectivity index (χ1) is 12.4. The largest absolute Gasteiger partial charge is 0.491 e. The fraction of sp³-hybridized carbons (Fsp3) is 0.611. The van der Waals surface area contributed by atoms with E-state index in [1.54, 1.807) is 7.05 Å². The number of likely N-dealkylation sites (tertiary alicyclic amines) is 1. The molecule has 3 rings (SSSR count). The van der Waals surface area contributed by atoms with Gasteiger partial charge in [0.25, 0.3) is 0 Å². The Hall–Kier alpha value is -1.96. The highest BCUT2D eigenvalue weighted by atomic mass is 19.4. The first kappa shape index (κ1) is 18.8. The molecule has 144 valence electrons. The molecule has 0 bridgehead atoms. The Labute approximate surface area is 151 Å². The number of alkyl halides is 3. The van der Waals surface area contributed by atoms with Crippen molar-refractivity contribution in [3.63, 3.8) is 0 Å². The quantitative estimate of drug-likeness (QED) is 0.502. The average molecular weight is 371 g/mol. The van der Waals surface area contributed by atoms with Crippen LogP contribution in [-0.2, 0) is 10.9 Å². The minimum absolute atomic E-state index is 0.119. The zero-order chi connectivity index (χ0) is 18.6. The molecule has 1 aromatic rings. The molecule has 2 heterocycles. The van der Waals surface area contributed by atoms with Crippen LogP contribution in [0.5, 0.6) is 5.75 Å². The van der Waals surface area contributed by atoms with Gasteiger partial charge < -0.3 is 19.7 Å². The summed E-state index contributed by atoms with van der Waals surface area (Å²) in [4.78, 5) is 6.46. The fourth-order valence-corrected chi connectivity index (χ4v) is 3.57. The summed E-state index contributed by atoms with van der Waals surface area (Å²) in [6.07, 6.45) is -2.28. The van der Waals surface area contributed by atoms with E-state index in [0.29, 0.717) is 6.54 Å². The molecular formula is C18H24F3N3O2. The smallest absolute Gasteiger partial charge is 0.419 e. The van der Waals surface area contributed by atoms with E-state index in [-0.39, 0.29) is 17.8 Å². The molecule has 2 saturated heterocycles. The molecule has 2 fully saturated rings. The molecule has 1 N–H and O–H groups in total. The first-order valence-corrected chi connectivity index (χ1v) is 8.76. The van der Waals surface area contributed by atoms with Crippen LogP contribution in [0, 0.1) is 5.41 Å². The second-order valence-corrected chi connectivity index (χ2v) is 6.79. The number of ether oxygens (including phenoxy) is 2. The highest BCUT2D eigenvalue weighted by molar-refractivity contribution is 5.80. The molecule has 0 aliphatic carbocycles. The van der Waals surface area contributed by atoms with Crippen molar-refractivity contribution >= 4 is 5.96 Å². The highest BCUT2D eigenvalue weighted by Gasteiger charge is 2.42. The minimum atomic E-state index is -4.42. The summed E-state index contributed by atoms with van der Waals surface area (Å²) in [5.74, 6) is 0.599. The number of guanidine groups is 1. The Kier molecular flexibility index (Phi) is 5.60. The van der Waals surface area contributed by atoms with Gasteiger partial charge in [0.1, 0.15) is 12.4 Å². The molecule has 1 spiro atoms. The number of para-hydroxylation sites is 1. The van der Waals surface area contributed by atoms with Crippen LogP contribution in [0.4, 0.5) is 13.2 Å². The molecule has 1 aromatic carbocycles. The molecule has 2 aliphatic rings. The maximum absolute atomic E-state index is 13.0. The van der Waals surface area contributed by atoms with Crippen LogP contribution in [0.25, 0.3) is 0 Å². The van der Waals surface area contributed by atoms with Gasteiger partial charge in [-0.15, -0.1) is 0 Å². The van der Waals surface area contributed by atoms with E-state index in [0.717, 1.165) is 51.2 Å². The van der Waals surface area contributed by atoms with Crippen LogP contribution in [0.1, 0.15) is 18.4 Å². The molecule has 8 heteroatoms. The van der Waals surface area contributed by atoms with Gasteiger partial charge in [-0.2, -0.15) is 13.2 Å². The number of hydrogen-bond donors (Lipinski definition) is 1. The predicted molar refractivity (Wildman–Crippen MR) is 92.4 cm³/mol. The summed E-state index contributed by atoms with van der Waals surface area (Å²) < 4.78 is 49.7. The lowest BCUT2D eigenvalue weighted by atomic mass is 9.87. The van der Waals surface area contributed by atoms with Gasteiger partial charge in [0, 0.05) is 32.2 Å². The Bertz CT molecular complexity index is 643. The van der Waals surface area contributed by atoms with Crippen molar-refractivity contribution in [2.45, 2.75) is 19.0 Å². The van der Waals surface area contributed by atoms with Crippen molar-refractivity contribution in [2.75, 3.05) is 46.5 Å². The third kappa shape index (κ3) is 4.23. The second-order valence-electron chi connectivity index (χ2n) is 6.79. The van der Waals surface area contributed by atoms with Gasteiger partial charge in [-0.05, 0) is 25.0 Å². The summed E-state index contributed by atoms with van der Waals surface area (Å²) in [5.41, 5.74) is -0.535. The van der Waals surface area contributed by atoms with Gasteiger partial charge in [-0.1, -0.05) is 12.1 Å². The number of nitrogens with one attached hydrogen (secondary N) is 1. The molecule has 26 heavy (non-hydrogen) atoms. The SMILES string of the molecule is CN=C(NCCOc1ccccc1C(F)(F)F)N1CCC2(CCOC2)C1. The monoisotopic (exact) mass is 371 g/mol. The lowest BCUT2D eigenvalue weighted by molar-refractivity contribution is -0.138. The van der Waals surface area contributed by atoms with Crippen molar-refractivity contribution in [3.05, 3.63) is 29.8 Å². The number of aliphatic imine (C=N–C) groups is 1. The third-order valence-electron chi connectivity index (χ3n) is 4.97. The molecule has 1 unspecified atom stereocenters. The Morgan fingerprint density at radius 1 is 1.35 bits per heavy atom. The summed E-state index contributed by atoms with van der Waals surface area (Å²) in [5, 5.41) is 3.18. The topological polar surface area (TPSA) is 46.1 Å². The van der Waals surface area contributed by atoms with E-state index in [2.05, 4.69) is 15.2 Å². The summed E-state index contributed by atoms with van der Waals surface area (Å²) in [6.45, 7) is 3.89. The van der Waals surface area contributed by atoms with Gasteiger partial charge in [-0.3, -0.25) is 4.99 Å². The standard InChI is InChI=1S/C18H24F3N3O2/c1-22-16(24-9-6-17(12-24)7-10-25-13-17)23-8-11-26-15-5-3-2-4-14(15)18(19,20)21/h2-5H,6-13H2,1H3,(H,22,23). The summed E-state index contributed by atoms with van der Waals surface area (Å²) >= 11 is 0. The van der Waals surface area contributed by atoms with Crippen LogP contribution in [0.3, 0.4) is 0 Å². The number of benzene rings is 1. The van der Waals surface area contributed by atoms with E-state index in [1.165, 1.54) is 18.2 Å². The third-order valence-corrected chi connectivity index (χ3v) is 4.97. The second kappa shape index (κ2) is 7.73. The van der Waals surface area contributed by atoms with Gasteiger partial charge in [-0.25, -0.2) is 0 Å². The lowest BCUT2D eigenvalue weighted by Crippen LogP contribution is -2.42. The maximum Gasteiger partial charge on any atom is 0.419 e. The number of nitrogens with zero attached hydrogens (tertiary/aromatic N) is 2. The minimum Gasteiger partial charge on any atom is -0.491 e. The van der Waals surface area contributed by atoms with Crippen LogP contribution in [-0.4, -0.2) is 57.4 Å². The van der Waals surface area contributed by atoms with Crippen LogP contribution >= 0.6 is 0 Å². The Morgan fingerprint density at radius 2 is 2.15 bits per heavy atom. The zero-order valence-electron chi connectivity index (χ0n) is 14.8. The van der Waals surface area contributed by atoms with E-state index in [4.69, 9.17) is 9.47 Å². The molecule has 0 aromatic heterocycles. The molecule has 0 saturated carbocycles. The predicted octanol–water partition coefficient (Wildman–Crippen LogP) is 2.77. The first-order valence-electron chi connectivity index (χ1n) is 8.76. The van der Waals surface area contributed by atoms with Gasteiger partial charge in [0.2, 0.25) is 0 Å². The molecule has 1 atom stereocenters. The van der Waals surface area contributed by atoms with E-state index >= 15 is 0 Å². The van der Waals surface area contributed by atoms with E-state index < -0.39 is 11.7 Å². The van der Waals surface area contributed by atoms with Gasteiger partial charge in [0.15, 0.2) is 5.96 Å². The molecule has 5 nitrogen and oxygen atoms in total. The van der Waals surface area contributed by atoms with E-state index in [1.807, 2.05) is 0 Å².